The first kappa shape index (κ1) is 19.5. The first-order chi connectivity index (χ1) is 14.0. The molecule has 4 rings (SSSR count). The van der Waals surface area contributed by atoms with Gasteiger partial charge in [-0.05, 0) is 47.5 Å². The summed E-state index contributed by atoms with van der Waals surface area (Å²) in [5.74, 6) is 1.06. The normalized spacial score (nSPS) is 18.3. The van der Waals surface area contributed by atoms with Gasteiger partial charge in [-0.25, -0.2) is 4.99 Å². The Balaban J connectivity index is 1.81. The number of carbonyl (C=O) groups is 1. The van der Waals surface area contributed by atoms with Gasteiger partial charge in [-0.15, -0.1) is 0 Å². The summed E-state index contributed by atoms with van der Waals surface area (Å²) < 4.78 is 5.21. The molecule has 0 bridgehead atoms. The van der Waals surface area contributed by atoms with Crippen molar-refractivity contribution in [2.45, 2.75) is 12.0 Å². The average Bonchev–Trinajstić information content (AvgIpc) is 3.08. The minimum absolute atomic E-state index is 0.194. The molecule has 0 fully saturated rings. The van der Waals surface area contributed by atoms with Gasteiger partial charge >= 0.3 is 0 Å². The molecule has 146 valence electrons. The van der Waals surface area contributed by atoms with Gasteiger partial charge in [0.05, 0.1) is 7.11 Å². The van der Waals surface area contributed by atoms with Gasteiger partial charge in [-0.3, -0.25) is 4.79 Å². The number of amides is 1. The Morgan fingerprint density at radius 1 is 1.00 bits per heavy atom. The second kappa shape index (κ2) is 7.90. The number of rotatable bonds is 5. The molecule has 1 atom stereocenters. The first-order valence-corrected chi connectivity index (χ1v) is 9.82. The smallest absolute Gasteiger partial charge is 0.258 e. The summed E-state index contributed by atoms with van der Waals surface area (Å²) in [7, 11) is 1.61. The fourth-order valence-corrected chi connectivity index (χ4v) is 3.91. The SMILES string of the molecule is COc1ccc(C2=NC(Cc3ccc(Cl)cc3Cl)(c3ccccc3)C(=O)N2)cc1. The number of halogens is 2. The van der Waals surface area contributed by atoms with Crippen LogP contribution in [0.4, 0.5) is 0 Å². The van der Waals surface area contributed by atoms with Gasteiger partial charge in [-0.1, -0.05) is 59.6 Å². The maximum Gasteiger partial charge on any atom is 0.258 e. The van der Waals surface area contributed by atoms with Crippen molar-refractivity contribution in [3.63, 3.8) is 0 Å². The topological polar surface area (TPSA) is 50.7 Å². The van der Waals surface area contributed by atoms with Crippen LogP contribution in [0.25, 0.3) is 0 Å². The maximum atomic E-state index is 13.3. The summed E-state index contributed by atoms with van der Waals surface area (Å²) in [6.45, 7) is 0. The van der Waals surface area contributed by atoms with E-state index in [4.69, 9.17) is 32.9 Å². The predicted octanol–water partition coefficient (Wildman–Crippen LogP) is 5.02. The van der Waals surface area contributed by atoms with Gasteiger partial charge < -0.3 is 10.1 Å². The molecule has 29 heavy (non-hydrogen) atoms. The Hall–Kier alpha value is -2.82. The van der Waals surface area contributed by atoms with Crippen molar-refractivity contribution in [1.29, 1.82) is 0 Å². The maximum absolute atomic E-state index is 13.3. The zero-order chi connectivity index (χ0) is 20.4. The quantitative estimate of drug-likeness (QED) is 0.625. The van der Waals surface area contributed by atoms with Crippen LogP contribution in [0, 0.1) is 0 Å². The number of carbonyl (C=O) groups excluding carboxylic acids is 1. The third-order valence-electron chi connectivity index (χ3n) is 4.99. The highest BCUT2D eigenvalue weighted by atomic mass is 35.5. The van der Waals surface area contributed by atoms with Gasteiger partial charge in [0.15, 0.2) is 5.54 Å². The molecular weight excluding hydrogens is 407 g/mol. The molecule has 3 aromatic carbocycles. The minimum atomic E-state index is -1.12. The second-order valence-corrected chi connectivity index (χ2v) is 7.63. The number of ether oxygens (including phenoxy) is 1. The minimum Gasteiger partial charge on any atom is -0.497 e. The largest absolute Gasteiger partial charge is 0.497 e. The molecule has 0 spiro atoms. The molecular formula is C23H18Cl2N2O2. The Bertz CT molecular complexity index is 1080. The highest BCUT2D eigenvalue weighted by Gasteiger charge is 2.45. The van der Waals surface area contributed by atoms with Crippen LogP contribution in [0.15, 0.2) is 77.8 Å². The lowest BCUT2D eigenvalue weighted by atomic mass is 9.84. The molecule has 1 heterocycles. The van der Waals surface area contributed by atoms with Crippen molar-refractivity contribution in [3.8, 4) is 5.75 Å². The molecule has 0 saturated heterocycles. The lowest BCUT2D eigenvalue weighted by Crippen LogP contribution is -2.39. The van der Waals surface area contributed by atoms with E-state index in [1.54, 1.807) is 19.2 Å². The van der Waals surface area contributed by atoms with E-state index in [2.05, 4.69) is 5.32 Å². The molecule has 1 aliphatic rings. The van der Waals surface area contributed by atoms with Crippen molar-refractivity contribution < 1.29 is 9.53 Å². The van der Waals surface area contributed by atoms with Crippen molar-refractivity contribution in [2.75, 3.05) is 7.11 Å². The van der Waals surface area contributed by atoms with Gasteiger partial charge in [0, 0.05) is 22.0 Å². The van der Waals surface area contributed by atoms with E-state index in [9.17, 15) is 4.79 Å². The lowest BCUT2D eigenvalue weighted by molar-refractivity contribution is -0.124. The molecule has 1 amide bonds. The monoisotopic (exact) mass is 424 g/mol. The second-order valence-electron chi connectivity index (χ2n) is 6.78. The summed E-state index contributed by atoms with van der Waals surface area (Å²) in [5, 5.41) is 4.00. The third-order valence-corrected chi connectivity index (χ3v) is 5.57. The Kier molecular flexibility index (Phi) is 5.31. The lowest BCUT2D eigenvalue weighted by Gasteiger charge is -2.24. The zero-order valence-electron chi connectivity index (χ0n) is 15.7. The standard InChI is InChI=1S/C23H18Cl2N2O2/c1-29-19-11-8-15(9-12-19)21-26-22(28)23(27-21,17-5-3-2-4-6-17)14-16-7-10-18(24)13-20(16)25/h2-13H,14H2,1H3,(H,26,27,28). The Morgan fingerprint density at radius 3 is 2.38 bits per heavy atom. The van der Waals surface area contributed by atoms with Crippen LogP contribution in [0.3, 0.4) is 0 Å². The van der Waals surface area contributed by atoms with Gasteiger partial charge in [-0.2, -0.15) is 0 Å². The average molecular weight is 425 g/mol. The molecule has 4 nitrogen and oxygen atoms in total. The van der Waals surface area contributed by atoms with Crippen molar-refractivity contribution >= 4 is 34.9 Å². The van der Waals surface area contributed by atoms with E-state index in [0.717, 1.165) is 22.4 Å². The van der Waals surface area contributed by atoms with Crippen LogP contribution in [0.1, 0.15) is 16.7 Å². The van der Waals surface area contributed by atoms with E-state index in [-0.39, 0.29) is 5.91 Å². The summed E-state index contributed by atoms with van der Waals surface area (Å²) in [5.41, 5.74) is 1.29. The first-order valence-electron chi connectivity index (χ1n) is 9.07. The van der Waals surface area contributed by atoms with Crippen LogP contribution < -0.4 is 10.1 Å². The summed E-state index contributed by atoms with van der Waals surface area (Å²) in [6.07, 6.45) is 0.318. The molecule has 0 radical (unpaired) electrons. The van der Waals surface area contributed by atoms with Crippen molar-refractivity contribution in [3.05, 3.63) is 99.5 Å². The fraction of sp³-hybridized carbons (Fsp3) is 0.130. The summed E-state index contributed by atoms with van der Waals surface area (Å²) in [6, 6.07) is 22.2. The molecule has 1 aliphatic heterocycles. The predicted molar refractivity (Wildman–Crippen MR) is 116 cm³/mol. The van der Waals surface area contributed by atoms with Crippen molar-refractivity contribution in [1.82, 2.24) is 5.32 Å². The molecule has 0 aliphatic carbocycles. The number of methoxy groups -OCH3 is 1. The highest BCUT2D eigenvalue weighted by Crippen LogP contribution is 2.37. The third kappa shape index (κ3) is 3.74. The number of aliphatic imine (C=N–C) groups is 1. The molecule has 1 N–H and O–H groups in total. The zero-order valence-corrected chi connectivity index (χ0v) is 17.2. The summed E-state index contributed by atoms with van der Waals surface area (Å²) >= 11 is 12.5. The van der Waals surface area contributed by atoms with E-state index in [0.29, 0.717) is 22.3 Å². The van der Waals surface area contributed by atoms with E-state index in [1.165, 1.54) is 0 Å². The molecule has 0 aromatic heterocycles. The molecule has 1 unspecified atom stereocenters. The molecule has 3 aromatic rings. The van der Waals surface area contributed by atoms with E-state index < -0.39 is 5.54 Å². The summed E-state index contributed by atoms with van der Waals surface area (Å²) in [4.78, 5) is 18.1. The van der Waals surface area contributed by atoms with E-state index in [1.807, 2.05) is 60.7 Å². The van der Waals surface area contributed by atoms with Gasteiger partial charge in [0.25, 0.3) is 5.91 Å². The number of amidine groups is 1. The fourth-order valence-electron chi connectivity index (χ4n) is 3.44. The molecule has 6 heteroatoms. The van der Waals surface area contributed by atoms with Crippen LogP contribution in [-0.2, 0) is 16.8 Å². The van der Waals surface area contributed by atoms with E-state index >= 15 is 0 Å². The van der Waals surface area contributed by atoms with Crippen molar-refractivity contribution in [2.24, 2.45) is 4.99 Å². The Labute approximate surface area is 179 Å². The number of hydrogen-bond acceptors (Lipinski definition) is 3. The van der Waals surface area contributed by atoms with Crippen LogP contribution in [0.5, 0.6) is 5.75 Å². The number of nitrogens with one attached hydrogen (secondary N) is 1. The Morgan fingerprint density at radius 2 is 1.72 bits per heavy atom. The van der Waals surface area contributed by atoms with Gasteiger partial charge in [0.2, 0.25) is 0 Å². The van der Waals surface area contributed by atoms with Crippen LogP contribution >= 0.6 is 23.2 Å². The highest BCUT2D eigenvalue weighted by molar-refractivity contribution is 6.35. The number of nitrogens with zero attached hydrogens (tertiary/aromatic N) is 1. The van der Waals surface area contributed by atoms with Crippen LogP contribution in [0.2, 0.25) is 10.0 Å². The number of hydrogen-bond donors (Lipinski definition) is 1. The number of benzene rings is 3. The van der Waals surface area contributed by atoms with Crippen LogP contribution in [-0.4, -0.2) is 18.9 Å². The molecule has 0 saturated carbocycles. The van der Waals surface area contributed by atoms with Gasteiger partial charge in [0.1, 0.15) is 11.6 Å².